The molecular weight excluding hydrogens is 180 g/mol. The van der Waals surface area contributed by atoms with Gasteiger partial charge in [0.2, 0.25) is 0 Å². The van der Waals surface area contributed by atoms with Crippen LogP contribution in [0.4, 0.5) is 0 Å². The summed E-state index contributed by atoms with van der Waals surface area (Å²) in [5.41, 5.74) is 0.895. The molecule has 2 aliphatic rings. The van der Waals surface area contributed by atoms with Crippen molar-refractivity contribution in [2.24, 2.45) is 17.0 Å². The van der Waals surface area contributed by atoms with Gasteiger partial charge in [0.05, 0.1) is 11.8 Å². The van der Waals surface area contributed by atoms with E-state index >= 15 is 0 Å². The van der Waals surface area contributed by atoms with Crippen molar-refractivity contribution in [1.82, 2.24) is 14.8 Å². The van der Waals surface area contributed by atoms with Gasteiger partial charge in [-0.2, -0.15) is 5.10 Å². The van der Waals surface area contributed by atoms with Gasteiger partial charge in [0.1, 0.15) is 12.7 Å². The topological polar surface area (TPSA) is 63.3 Å². The average molecular weight is 192 g/mol. The number of aromatic nitrogens is 3. The average Bonchev–Trinajstić information content (AvgIpc) is 2.92. The first kappa shape index (κ1) is 7.96. The molecule has 2 saturated carbocycles. The molecule has 2 aliphatic carbocycles. The summed E-state index contributed by atoms with van der Waals surface area (Å²) in [5, 5.41) is 16.5. The van der Waals surface area contributed by atoms with Crippen LogP contribution in [-0.2, 0) is 0 Å². The monoisotopic (exact) mass is 192 g/mol. The van der Waals surface area contributed by atoms with Crippen LogP contribution in [0.1, 0.15) is 25.3 Å². The van der Waals surface area contributed by atoms with E-state index in [0.717, 1.165) is 18.6 Å². The first-order chi connectivity index (χ1) is 6.90. The van der Waals surface area contributed by atoms with E-state index in [-0.39, 0.29) is 6.04 Å². The van der Waals surface area contributed by atoms with Gasteiger partial charge in [-0.25, -0.2) is 9.67 Å². The third kappa shape index (κ3) is 0.921. The molecule has 1 aromatic rings. The van der Waals surface area contributed by atoms with Crippen LogP contribution in [0.5, 0.6) is 0 Å². The fraction of sp³-hybridized carbons (Fsp3) is 0.667. The minimum absolute atomic E-state index is 0.154. The molecule has 3 atom stereocenters. The maximum atomic E-state index is 8.98. The van der Waals surface area contributed by atoms with Crippen LogP contribution >= 0.6 is 0 Å². The minimum atomic E-state index is 0.154. The van der Waals surface area contributed by atoms with Crippen LogP contribution in [-0.4, -0.2) is 25.7 Å². The van der Waals surface area contributed by atoms with Crippen molar-refractivity contribution in [2.45, 2.75) is 25.3 Å². The van der Waals surface area contributed by atoms with Crippen LogP contribution in [0.3, 0.4) is 0 Å². The first-order valence-electron chi connectivity index (χ1n) is 4.96. The zero-order chi connectivity index (χ0) is 9.54. The van der Waals surface area contributed by atoms with Crippen molar-refractivity contribution < 1.29 is 5.21 Å². The van der Waals surface area contributed by atoms with E-state index in [9.17, 15) is 0 Å². The van der Waals surface area contributed by atoms with Gasteiger partial charge >= 0.3 is 0 Å². The highest BCUT2D eigenvalue weighted by Gasteiger charge is 2.46. The predicted octanol–water partition coefficient (Wildman–Crippen LogP) is 1.08. The Balaban J connectivity index is 2.00. The predicted molar refractivity (Wildman–Crippen MR) is 49.1 cm³/mol. The third-order valence-electron chi connectivity index (χ3n) is 3.48. The Kier molecular flexibility index (Phi) is 1.59. The zero-order valence-electron chi connectivity index (χ0n) is 7.74. The second-order valence-electron chi connectivity index (χ2n) is 4.12. The molecule has 0 saturated heterocycles. The second kappa shape index (κ2) is 2.80. The van der Waals surface area contributed by atoms with E-state index < -0.39 is 0 Å². The van der Waals surface area contributed by atoms with Gasteiger partial charge in [0, 0.05) is 5.92 Å². The molecule has 0 spiro atoms. The Morgan fingerprint density at radius 1 is 1.50 bits per heavy atom. The van der Waals surface area contributed by atoms with Crippen molar-refractivity contribution in [3.63, 3.8) is 0 Å². The highest BCUT2D eigenvalue weighted by molar-refractivity contribution is 5.93. The molecule has 0 aromatic carbocycles. The molecule has 1 aromatic heterocycles. The molecule has 2 bridgehead atoms. The van der Waals surface area contributed by atoms with Crippen molar-refractivity contribution >= 4 is 5.71 Å². The Labute approximate surface area is 81.4 Å². The number of fused-ring (bicyclic) bond motifs is 2. The number of rotatable bonds is 1. The Bertz CT molecular complexity index is 359. The molecule has 0 radical (unpaired) electrons. The summed E-state index contributed by atoms with van der Waals surface area (Å²) in [6, 6.07) is 0.154. The quantitative estimate of drug-likeness (QED) is 0.535. The van der Waals surface area contributed by atoms with E-state index in [1.165, 1.54) is 12.7 Å². The molecule has 0 amide bonds. The molecule has 0 unspecified atom stereocenters. The van der Waals surface area contributed by atoms with Crippen molar-refractivity contribution in [2.75, 3.05) is 0 Å². The first-order valence-corrected chi connectivity index (χ1v) is 4.96. The molecule has 14 heavy (non-hydrogen) atoms. The minimum Gasteiger partial charge on any atom is -0.411 e. The lowest BCUT2D eigenvalue weighted by Crippen LogP contribution is -2.26. The highest BCUT2D eigenvalue weighted by atomic mass is 16.4. The summed E-state index contributed by atoms with van der Waals surface area (Å²) in [5.74, 6) is 1.06. The van der Waals surface area contributed by atoms with E-state index in [0.29, 0.717) is 11.8 Å². The zero-order valence-corrected chi connectivity index (χ0v) is 7.74. The normalized spacial score (nSPS) is 38.3. The summed E-state index contributed by atoms with van der Waals surface area (Å²) in [7, 11) is 0. The Morgan fingerprint density at radius 3 is 3.14 bits per heavy atom. The number of hydrogen-bond acceptors (Lipinski definition) is 4. The van der Waals surface area contributed by atoms with E-state index in [1.54, 1.807) is 6.33 Å². The highest BCUT2D eigenvalue weighted by Crippen LogP contribution is 2.48. The van der Waals surface area contributed by atoms with Gasteiger partial charge in [0.25, 0.3) is 0 Å². The molecule has 3 rings (SSSR count). The van der Waals surface area contributed by atoms with Gasteiger partial charge in [-0.3, -0.25) is 0 Å². The van der Waals surface area contributed by atoms with Gasteiger partial charge in [0.15, 0.2) is 0 Å². The molecule has 5 heteroatoms. The Hall–Kier alpha value is -1.39. The lowest BCUT2D eigenvalue weighted by atomic mass is 9.93. The molecule has 2 fully saturated rings. The van der Waals surface area contributed by atoms with Crippen molar-refractivity contribution in [1.29, 1.82) is 0 Å². The largest absolute Gasteiger partial charge is 0.411 e. The molecule has 5 nitrogen and oxygen atoms in total. The third-order valence-corrected chi connectivity index (χ3v) is 3.48. The molecule has 0 aliphatic heterocycles. The maximum Gasteiger partial charge on any atom is 0.137 e. The van der Waals surface area contributed by atoms with Gasteiger partial charge in [-0.05, 0) is 25.2 Å². The van der Waals surface area contributed by atoms with Crippen LogP contribution in [0.15, 0.2) is 17.8 Å². The van der Waals surface area contributed by atoms with Crippen LogP contribution in [0.2, 0.25) is 0 Å². The SMILES string of the molecule is O/N=C1\[C@H]2CC[C@H](C2)[C@H]1n1cncn1. The van der Waals surface area contributed by atoms with E-state index in [4.69, 9.17) is 5.21 Å². The van der Waals surface area contributed by atoms with E-state index in [2.05, 4.69) is 15.2 Å². The van der Waals surface area contributed by atoms with Gasteiger partial charge < -0.3 is 5.21 Å². The van der Waals surface area contributed by atoms with Crippen molar-refractivity contribution in [3.8, 4) is 0 Å². The van der Waals surface area contributed by atoms with Crippen molar-refractivity contribution in [3.05, 3.63) is 12.7 Å². The molecule has 74 valence electrons. The van der Waals surface area contributed by atoms with Gasteiger partial charge in [-0.15, -0.1) is 0 Å². The smallest absolute Gasteiger partial charge is 0.137 e. The lowest BCUT2D eigenvalue weighted by Gasteiger charge is -2.22. The number of nitrogens with zero attached hydrogens (tertiary/aromatic N) is 4. The fourth-order valence-corrected chi connectivity index (χ4v) is 2.91. The lowest BCUT2D eigenvalue weighted by molar-refractivity contribution is 0.304. The Morgan fingerprint density at radius 2 is 2.43 bits per heavy atom. The fourth-order valence-electron chi connectivity index (χ4n) is 2.91. The van der Waals surface area contributed by atoms with E-state index in [1.807, 2.05) is 4.68 Å². The summed E-state index contributed by atoms with van der Waals surface area (Å²) in [4.78, 5) is 3.93. The van der Waals surface area contributed by atoms with Crippen LogP contribution in [0.25, 0.3) is 0 Å². The summed E-state index contributed by atoms with van der Waals surface area (Å²) in [6.07, 6.45) is 6.75. The standard InChI is InChI=1S/C9H12N4O/c14-12-8-6-1-2-7(3-6)9(8)13-5-10-4-11-13/h4-7,9,14H,1-3H2/b12-8+/t6-,7+,9+/m0/s1. The number of hydrogen-bond donors (Lipinski definition) is 1. The van der Waals surface area contributed by atoms with Crippen LogP contribution < -0.4 is 0 Å². The summed E-state index contributed by atoms with van der Waals surface area (Å²) < 4.78 is 1.82. The number of oxime groups is 1. The van der Waals surface area contributed by atoms with Crippen LogP contribution in [0, 0.1) is 11.8 Å². The molecular formula is C9H12N4O. The second-order valence-corrected chi connectivity index (χ2v) is 4.12. The van der Waals surface area contributed by atoms with Gasteiger partial charge in [-0.1, -0.05) is 5.16 Å². The molecule has 1 N–H and O–H groups in total. The summed E-state index contributed by atoms with van der Waals surface area (Å²) >= 11 is 0. The molecule has 1 heterocycles. The summed E-state index contributed by atoms with van der Waals surface area (Å²) in [6.45, 7) is 0. The maximum absolute atomic E-state index is 8.98.